The summed E-state index contributed by atoms with van der Waals surface area (Å²) >= 11 is 3.40. The van der Waals surface area contributed by atoms with Crippen molar-refractivity contribution in [2.45, 2.75) is 6.42 Å². The maximum absolute atomic E-state index is 14.5. The Balaban J connectivity index is 1.62. The number of ether oxygens (including phenoxy) is 1. The molecule has 0 bridgehead atoms. The van der Waals surface area contributed by atoms with Crippen LogP contribution in [0, 0.1) is 11.6 Å². The lowest BCUT2D eigenvalue weighted by Gasteiger charge is -2.26. The molecule has 0 unspecified atom stereocenters. The Kier molecular flexibility index (Phi) is 7.34. The fourth-order valence-electron chi connectivity index (χ4n) is 3.73. The standard InChI is InChI=1S/C24H24BrF2N3O2/c25-17-5-6-22(31)18(15-17)21-13-16(24-19(26)3-1-4-20(24)27)14-23(29-21)28-7-2-8-30-9-11-32-12-10-30/h1,3-6,13-15,31H,2,7-12H2,(H,28,29). The van der Waals surface area contributed by atoms with Crippen molar-refractivity contribution in [3.8, 4) is 28.1 Å². The molecule has 1 fully saturated rings. The van der Waals surface area contributed by atoms with Crippen molar-refractivity contribution in [3.63, 3.8) is 0 Å². The number of halogens is 3. The lowest BCUT2D eigenvalue weighted by atomic mass is 10.0. The molecule has 168 valence electrons. The molecule has 32 heavy (non-hydrogen) atoms. The maximum Gasteiger partial charge on any atom is 0.133 e. The van der Waals surface area contributed by atoms with Crippen LogP contribution in [0.25, 0.3) is 22.4 Å². The number of benzene rings is 2. The van der Waals surface area contributed by atoms with Crippen LogP contribution in [0.2, 0.25) is 0 Å². The molecule has 1 aliphatic heterocycles. The van der Waals surface area contributed by atoms with Gasteiger partial charge >= 0.3 is 0 Å². The molecule has 8 heteroatoms. The molecule has 4 rings (SSSR count). The number of nitrogens with one attached hydrogen (secondary N) is 1. The molecule has 2 aromatic carbocycles. The fraction of sp³-hybridized carbons (Fsp3) is 0.292. The second-order valence-corrected chi connectivity index (χ2v) is 8.53. The normalized spacial score (nSPS) is 14.5. The molecule has 0 saturated carbocycles. The van der Waals surface area contributed by atoms with Crippen molar-refractivity contribution in [3.05, 3.63) is 64.6 Å². The average Bonchev–Trinajstić information content (AvgIpc) is 2.79. The van der Waals surface area contributed by atoms with Gasteiger partial charge in [-0.3, -0.25) is 4.90 Å². The second-order valence-electron chi connectivity index (χ2n) is 7.62. The Morgan fingerprint density at radius 3 is 2.56 bits per heavy atom. The van der Waals surface area contributed by atoms with E-state index in [9.17, 15) is 13.9 Å². The van der Waals surface area contributed by atoms with Gasteiger partial charge in [-0.2, -0.15) is 0 Å². The third-order valence-corrected chi connectivity index (χ3v) is 5.87. The Hall–Kier alpha value is -2.55. The molecule has 2 N–H and O–H groups in total. The van der Waals surface area contributed by atoms with Gasteiger partial charge in [-0.1, -0.05) is 22.0 Å². The van der Waals surface area contributed by atoms with Gasteiger partial charge in [-0.15, -0.1) is 0 Å². The number of hydrogen-bond donors (Lipinski definition) is 2. The van der Waals surface area contributed by atoms with E-state index in [0.29, 0.717) is 29.2 Å². The topological polar surface area (TPSA) is 57.6 Å². The van der Waals surface area contributed by atoms with Crippen LogP contribution in [0.15, 0.2) is 53.0 Å². The number of rotatable bonds is 7. The summed E-state index contributed by atoms with van der Waals surface area (Å²) in [5.74, 6) is -0.788. The second kappa shape index (κ2) is 10.4. The first kappa shape index (κ1) is 22.6. The molecule has 1 aliphatic rings. The van der Waals surface area contributed by atoms with Crippen LogP contribution >= 0.6 is 15.9 Å². The Labute approximate surface area is 194 Å². The van der Waals surface area contributed by atoms with Gasteiger partial charge in [-0.05, 0) is 61.0 Å². The Morgan fingerprint density at radius 2 is 1.81 bits per heavy atom. The van der Waals surface area contributed by atoms with Crippen molar-refractivity contribution < 1.29 is 18.6 Å². The number of nitrogens with zero attached hydrogens (tertiary/aromatic N) is 2. The number of phenolic OH excluding ortho intramolecular Hbond substituents is 1. The van der Waals surface area contributed by atoms with Gasteiger partial charge in [0.1, 0.15) is 23.2 Å². The predicted molar refractivity (Wildman–Crippen MR) is 125 cm³/mol. The first-order chi connectivity index (χ1) is 15.5. The number of anilines is 1. The minimum absolute atomic E-state index is 0.0325. The van der Waals surface area contributed by atoms with E-state index in [2.05, 4.69) is 31.1 Å². The lowest BCUT2D eigenvalue weighted by Crippen LogP contribution is -2.37. The maximum atomic E-state index is 14.5. The SMILES string of the molecule is Oc1ccc(Br)cc1-c1cc(-c2c(F)cccc2F)cc(NCCCN2CCOCC2)n1. The van der Waals surface area contributed by atoms with Gasteiger partial charge in [0, 0.05) is 29.7 Å². The third-order valence-electron chi connectivity index (χ3n) is 5.37. The van der Waals surface area contributed by atoms with Crippen molar-refractivity contribution in [1.82, 2.24) is 9.88 Å². The van der Waals surface area contributed by atoms with Crippen molar-refractivity contribution in [2.24, 2.45) is 0 Å². The number of phenols is 1. The monoisotopic (exact) mass is 503 g/mol. The van der Waals surface area contributed by atoms with Gasteiger partial charge in [0.05, 0.1) is 24.5 Å². The lowest BCUT2D eigenvalue weighted by molar-refractivity contribution is 0.0378. The smallest absolute Gasteiger partial charge is 0.133 e. The summed E-state index contributed by atoms with van der Waals surface area (Å²) in [6, 6.07) is 12.0. The number of hydrogen-bond acceptors (Lipinski definition) is 5. The van der Waals surface area contributed by atoms with Crippen LogP contribution < -0.4 is 5.32 Å². The van der Waals surface area contributed by atoms with E-state index in [1.807, 2.05) is 0 Å². The minimum atomic E-state index is -0.654. The van der Waals surface area contributed by atoms with Gasteiger partial charge in [0.15, 0.2) is 0 Å². The zero-order valence-corrected chi connectivity index (χ0v) is 19.0. The summed E-state index contributed by atoms with van der Waals surface area (Å²) in [6.07, 6.45) is 0.886. The van der Waals surface area contributed by atoms with Crippen LogP contribution in [0.5, 0.6) is 5.75 Å². The number of morpholine rings is 1. The molecule has 0 radical (unpaired) electrons. The van der Waals surface area contributed by atoms with E-state index in [0.717, 1.165) is 43.7 Å². The summed E-state index contributed by atoms with van der Waals surface area (Å²) in [5.41, 5.74) is 1.11. The summed E-state index contributed by atoms with van der Waals surface area (Å²) in [4.78, 5) is 6.95. The van der Waals surface area contributed by atoms with E-state index in [1.54, 1.807) is 30.3 Å². The fourth-order valence-corrected chi connectivity index (χ4v) is 4.10. The molecule has 0 amide bonds. The van der Waals surface area contributed by atoms with Crippen LogP contribution in [0.3, 0.4) is 0 Å². The zero-order valence-electron chi connectivity index (χ0n) is 17.5. The Morgan fingerprint density at radius 1 is 1.06 bits per heavy atom. The molecule has 1 saturated heterocycles. The highest BCUT2D eigenvalue weighted by Gasteiger charge is 2.16. The summed E-state index contributed by atoms with van der Waals surface area (Å²) < 4.78 is 35.1. The van der Waals surface area contributed by atoms with Crippen molar-refractivity contribution in [2.75, 3.05) is 44.7 Å². The molecular weight excluding hydrogens is 480 g/mol. The van der Waals surface area contributed by atoms with E-state index in [1.165, 1.54) is 18.2 Å². The quantitative estimate of drug-likeness (QED) is 0.428. The molecular formula is C24H24BrF2N3O2. The molecule has 0 spiro atoms. The highest BCUT2D eigenvalue weighted by Crippen LogP contribution is 2.35. The van der Waals surface area contributed by atoms with Crippen LogP contribution in [-0.4, -0.2) is 54.4 Å². The number of pyridine rings is 1. The highest BCUT2D eigenvalue weighted by atomic mass is 79.9. The van der Waals surface area contributed by atoms with E-state index < -0.39 is 11.6 Å². The largest absolute Gasteiger partial charge is 0.507 e. The number of aromatic nitrogens is 1. The van der Waals surface area contributed by atoms with Crippen molar-refractivity contribution >= 4 is 21.7 Å². The molecule has 0 aliphatic carbocycles. The summed E-state index contributed by atoms with van der Waals surface area (Å²) in [5, 5.41) is 13.6. The van der Waals surface area contributed by atoms with E-state index >= 15 is 0 Å². The molecule has 1 aromatic heterocycles. The first-order valence-electron chi connectivity index (χ1n) is 10.5. The highest BCUT2D eigenvalue weighted by molar-refractivity contribution is 9.10. The van der Waals surface area contributed by atoms with Crippen LogP contribution in [0.4, 0.5) is 14.6 Å². The average molecular weight is 504 g/mol. The van der Waals surface area contributed by atoms with E-state index in [4.69, 9.17) is 4.74 Å². The zero-order chi connectivity index (χ0) is 22.5. The summed E-state index contributed by atoms with van der Waals surface area (Å²) in [7, 11) is 0. The van der Waals surface area contributed by atoms with Gasteiger partial charge in [0.2, 0.25) is 0 Å². The van der Waals surface area contributed by atoms with Crippen molar-refractivity contribution in [1.29, 1.82) is 0 Å². The molecule has 5 nitrogen and oxygen atoms in total. The third kappa shape index (κ3) is 5.43. The van der Waals surface area contributed by atoms with Gasteiger partial charge < -0.3 is 15.2 Å². The number of aromatic hydroxyl groups is 1. The van der Waals surface area contributed by atoms with Gasteiger partial charge in [0.25, 0.3) is 0 Å². The molecule has 0 atom stereocenters. The molecule has 3 aromatic rings. The minimum Gasteiger partial charge on any atom is -0.507 e. The Bertz CT molecular complexity index is 1070. The van der Waals surface area contributed by atoms with E-state index in [-0.39, 0.29) is 11.3 Å². The van der Waals surface area contributed by atoms with Gasteiger partial charge in [-0.25, -0.2) is 13.8 Å². The predicted octanol–water partition coefficient (Wildman–Crippen LogP) is 5.30. The first-order valence-corrected chi connectivity index (χ1v) is 11.3. The molecule has 2 heterocycles. The van der Waals surface area contributed by atoms with Crippen LogP contribution in [0.1, 0.15) is 6.42 Å². The van der Waals surface area contributed by atoms with Crippen LogP contribution in [-0.2, 0) is 4.74 Å². The summed E-state index contributed by atoms with van der Waals surface area (Å²) in [6.45, 7) is 4.93.